The van der Waals surface area contributed by atoms with Crippen molar-refractivity contribution < 1.29 is 39.5 Å². The number of fused-ring (bicyclic) bond motifs is 6. The number of amides is 1. The number of nitrogens with zero attached hydrogens (tertiary/aromatic N) is 3. The zero-order valence-electron chi connectivity index (χ0n) is 34.4. The van der Waals surface area contributed by atoms with Crippen molar-refractivity contribution in [2.75, 3.05) is 72.0 Å². The fourth-order valence-electron chi connectivity index (χ4n) is 13.3. The van der Waals surface area contributed by atoms with Crippen LogP contribution in [0.1, 0.15) is 68.3 Å². The summed E-state index contributed by atoms with van der Waals surface area (Å²) in [5.74, 6) is -0.801. The van der Waals surface area contributed by atoms with Crippen molar-refractivity contribution in [2.45, 2.75) is 92.6 Å². The highest BCUT2D eigenvalue weighted by atomic mass is 16.5. The molecule has 1 aromatic heterocycles. The van der Waals surface area contributed by atoms with E-state index in [0.29, 0.717) is 82.6 Å². The predicted molar refractivity (Wildman–Crippen MR) is 219 cm³/mol. The second-order valence-electron chi connectivity index (χ2n) is 18.1. The molecule has 3 aromatic rings. The molecule has 13 heteroatoms. The van der Waals surface area contributed by atoms with E-state index < -0.39 is 51.5 Å². The second-order valence-corrected chi connectivity index (χ2v) is 18.1. The van der Waals surface area contributed by atoms with Gasteiger partial charge in [-0.2, -0.15) is 0 Å². The summed E-state index contributed by atoms with van der Waals surface area (Å²) in [6, 6.07) is 11.0. The predicted octanol–water partition coefficient (Wildman–Crippen LogP) is 2.36. The molecule has 58 heavy (non-hydrogen) atoms. The number of esters is 1. The number of hydrogen-bond acceptors (Lipinski definition) is 11. The third-order valence-corrected chi connectivity index (χ3v) is 15.6. The van der Waals surface area contributed by atoms with Gasteiger partial charge in [0, 0.05) is 90.6 Å². The normalized spacial score (nSPS) is 37.5. The van der Waals surface area contributed by atoms with Gasteiger partial charge in [0.25, 0.3) is 5.91 Å². The van der Waals surface area contributed by atoms with Crippen molar-refractivity contribution in [3.05, 3.63) is 70.9 Å². The van der Waals surface area contributed by atoms with Crippen molar-refractivity contribution in [1.82, 2.24) is 20.1 Å². The minimum Gasteiger partial charge on any atom is -0.496 e. The molecule has 1 amide bonds. The molecule has 312 valence electrons. The first-order chi connectivity index (χ1) is 27.8. The molecule has 1 saturated carbocycles. The smallest absolute Gasteiger partial charge is 0.322 e. The Labute approximate surface area is 340 Å². The molecular formula is C45H59N5O8. The van der Waals surface area contributed by atoms with Gasteiger partial charge in [-0.1, -0.05) is 44.2 Å². The number of nitrogens with one attached hydrogen (secondary N) is 2. The Bertz CT molecular complexity index is 2170. The highest BCUT2D eigenvalue weighted by Crippen LogP contribution is 2.67. The zero-order chi connectivity index (χ0) is 41.0. The Morgan fingerprint density at radius 2 is 1.83 bits per heavy atom. The first kappa shape index (κ1) is 39.5. The molecule has 2 saturated heterocycles. The number of ether oxygens (including phenoxy) is 2. The van der Waals surface area contributed by atoms with E-state index in [9.17, 15) is 25.2 Å². The Morgan fingerprint density at radius 3 is 2.55 bits per heavy atom. The number of aromatic nitrogens is 1. The third-order valence-electron chi connectivity index (χ3n) is 15.6. The van der Waals surface area contributed by atoms with E-state index in [1.165, 1.54) is 7.11 Å². The average Bonchev–Trinajstić information content (AvgIpc) is 3.89. The summed E-state index contributed by atoms with van der Waals surface area (Å²) < 4.78 is 12.3. The fourth-order valence-corrected chi connectivity index (χ4v) is 13.3. The maximum Gasteiger partial charge on any atom is 0.322 e. The van der Waals surface area contributed by atoms with Gasteiger partial charge in [-0.05, 0) is 74.2 Å². The number of piperidine rings is 1. The summed E-state index contributed by atoms with van der Waals surface area (Å²) in [7, 11) is 4.90. The Morgan fingerprint density at radius 1 is 1.03 bits per heavy atom. The van der Waals surface area contributed by atoms with Gasteiger partial charge in [0.05, 0.1) is 32.5 Å². The van der Waals surface area contributed by atoms with Gasteiger partial charge in [-0.25, -0.2) is 0 Å². The SMILES string of the molecule is CCC1(O)CC2CN(CCc3c([nH]c4ccccc34)C(C(=O)OC)(c3cc4c(cc3OC)N(C)C3C(O)(C(=O)NCCO)C(O)C5(CC)C=CCN6CCC43C65)C2)C1. The minimum atomic E-state index is -2.29. The Hall–Kier alpha value is -3.98. The lowest BCUT2D eigenvalue weighted by atomic mass is 9.47. The molecule has 10 unspecified atom stereocenters. The number of likely N-dealkylation sites (N-methyl/N-ethyl adjacent to an activating group) is 1. The number of hydrogen-bond donors (Lipinski definition) is 6. The molecule has 6 N–H and O–H groups in total. The molecule has 13 nitrogen and oxygen atoms in total. The van der Waals surface area contributed by atoms with Crippen LogP contribution in [0.5, 0.6) is 5.75 Å². The van der Waals surface area contributed by atoms with Crippen LogP contribution in [-0.4, -0.2) is 144 Å². The molecular weight excluding hydrogens is 739 g/mol. The molecule has 6 aliphatic rings. The molecule has 5 aliphatic heterocycles. The first-order valence-electron chi connectivity index (χ1n) is 21.1. The lowest BCUT2D eigenvalue weighted by molar-refractivity contribution is -0.203. The summed E-state index contributed by atoms with van der Waals surface area (Å²) in [5.41, 5.74) is -1.57. The zero-order valence-corrected chi connectivity index (χ0v) is 34.4. The number of methoxy groups -OCH3 is 2. The molecule has 2 aromatic carbocycles. The van der Waals surface area contributed by atoms with E-state index in [0.717, 1.165) is 33.4 Å². The number of carbonyl (C=O) groups excluding carboxylic acids is 2. The molecule has 2 bridgehead atoms. The molecule has 6 heterocycles. The van der Waals surface area contributed by atoms with Gasteiger partial charge in [0.1, 0.15) is 17.3 Å². The lowest BCUT2D eigenvalue weighted by Crippen LogP contribution is -2.81. The molecule has 1 spiro atoms. The topological polar surface area (TPSA) is 171 Å². The van der Waals surface area contributed by atoms with Crippen molar-refractivity contribution >= 4 is 28.5 Å². The quantitative estimate of drug-likeness (QED) is 0.146. The van der Waals surface area contributed by atoms with Crippen LogP contribution in [0.25, 0.3) is 10.9 Å². The molecule has 9 rings (SSSR count). The second kappa shape index (κ2) is 13.8. The lowest BCUT2D eigenvalue weighted by Gasteiger charge is -2.63. The molecule has 1 aliphatic carbocycles. The van der Waals surface area contributed by atoms with Crippen LogP contribution in [0.2, 0.25) is 0 Å². The summed E-state index contributed by atoms with van der Waals surface area (Å²) in [6.07, 6.45) is 5.71. The number of benzene rings is 2. The van der Waals surface area contributed by atoms with Gasteiger partial charge in [-0.15, -0.1) is 0 Å². The van der Waals surface area contributed by atoms with Crippen LogP contribution >= 0.6 is 0 Å². The first-order valence-corrected chi connectivity index (χ1v) is 21.1. The van der Waals surface area contributed by atoms with Crippen LogP contribution in [-0.2, 0) is 31.6 Å². The van der Waals surface area contributed by atoms with Crippen LogP contribution in [0, 0.1) is 11.3 Å². The monoisotopic (exact) mass is 797 g/mol. The molecule has 10 atom stereocenters. The summed E-state index contributed by atoms with van der Waals surface area (Å²) >= 11 is 0. The van der Waals surface area contributed by atoms with Gasteiger partial charge in [0.15, 0.2) is 5.60 Å². The van der Waals surface area contributed by atoms with Crippen LogP contribution < -0.4 is 15.0 Å². The Balaban J connectivity index is 1.35. The number of para-hydroxylation sites is 1. The van der Waals surface area contributed by atoms with Gasteiger partial charge < -0.3 is 45.1 Å². The average molecular weight is 798 g/mol. The van der Waals surface area contributed by atoms with E-state index in [2.05, 4.69) is 32.2 Å². The third kappa shape index (κ3) is 5.03. The van der Waals surface area contributed by atoms with Crippen molar-refractivity contribution in [1.29, 1.82) is 0 Å². The van der Waals surface area contributed by atoms with E-state index >= 15 is 4.79 Å². The molecule has 3 fully saturated rings. The maximum atomic E-state index is 15.3. The highest BCUT2D eigenvalue weighted by molar-refractivity contribution is 5.95. The molecule has 0 radical (unpaired) electrons. The van der Waals surface area contributed by atoms with E-state index in [1.807, 2.05) is 62.2 Å². The number of carbonyl (C=O) groups is 2. The number of rotatable bonds is 8. The maximum absolute atomic E-state index is 15.3. The number of aromatic amines is 1. The van der Waals surface area contributed by atoms with Crippen molar-refractivity contribution in [2.24, 2.45) is 11.3 Å². The number of aliphatic hydroxyl groups excluding tert-OH is 2. The van der Waals surface area contributed by atoms with Gasteiger partial charge >= 0.3 is 5.97 Å². The van der Waals surface area contributed by atoms with Crippen molar-refractivity contribution in [3.63, 3.8) is 0 Å². The summed E-state index contributed by atoms with van der Waals surface area (Å²) in [5, 5.41) is 51.2. The van der Waals surface area contributed by atoms with Gasteiger partial charge in [-0.3, -0.25) is 19.4 Å². The van der Waals surface area contributed by atoms with E-state index in [4.69, 9.17) is 9.47 Å². The fraction of sp³-hybridized carbons (Fsp3) is 0.600. The van der Waals surface area contributed by atoms with Gasteiger partial charge in [0.2, 0.25) is 0 Å². The highest BCUT2D eigenvalue weighted by Gasteiger charge is 2.78. The number of H-pyrrole nitrogens is 1. The standard InChI is InChI=1S/C45H59N5O8/c1-6-41(55)23-27-24-44(40(54)58-5,35-29(13-18-49(25-27)26-41)28-11-8-9-12-32(28)47-35)31-21-30-33(22-34(31)57-4)48(3)37-43(30)15-19-50-17-10-14-42(7-2,36(43)50)38(52)45(37,56)39(53)46-16-20-51/h8-12,14,21-22,27,36-38,47,51-52,55-56H,6-7,13,15-20,23-26H2,1-5H3,(H,46,53). The largest absolute Gasteiger partial charge is 0.496 e. The summed E-state index contributed by atoms with van der Waals surface area (Å²) in [4.78, 5) is 40.1. The van der Waals surface area contributed by atoms with E-state index in [1.54, 1.807) is 7.11 Å². The number of anilines is 1. The van der Waals surface area contributed by atoms with Crippen molar-refractivity contribution in [3.8, 4) is 5.75 Å². The summed E-state index contributed by atoms with van der Waals surface area (Å²) in [6.45, 7) is 6.94. The number of aliphatic hydroxyl groups is 4. The van der Waals surface area contributed by atoms with Crippen LogP contribution in [0.3, 0.4) is 0 Å². The van der Waals surface area contributed by atoms with E-state index in [-0.39, 0.29) is 25.1 Å². The minimum absolute atomic E-state index is 0.0764. The van der Waals surface area contributed by atoms with Crippen LogP contribution in [0.4, 0.5) is 5.69 Å². The Kier molecular flexibility index (Phi) is 9.38. The van der Waals surface area contributed by atoms with Crippen LogP contribution in [0.15, 0.2) is 48.6 Å².